The van der Waals surface area contributed by atoms with Crippen LogP contribution in [0.15, 0.2) is 0 Å². The van der Waals surface area contributed by atoms with E-state index in [-0.39, 0.29) is 42.8 Å². The van der Waals surface area contributed by atoms with Crippen LogP contribution in [0.4, 0.5) is 0 Å². The van der Waals surface area contributed by atoms with Crippen LogP contribution in [0.25, 0.3) is 0 Å². The van der Waals surface area contributed by atoms with Gasteiger partial charge in [0.2, 0.25) is 0 Å². The quantitative estimate of drug-likeness (QED) is 0.663. The lowest BCUT2D eigenvalue weighted by Crippen LogP contribution is -2.21. The van der Waals surface area contributed by atoms with Gasteiger partial charge in [0.05, 0.1) is 13.2 Å². The summed E-state index contributed by atoms with van der Waals surface area (Å²) in [7, 11) is 0. The first-order chi connectivity index (χ1) is 7.49. The van der Waals surface area contributed by atoms with E-state index in [0.29, 0.717) is 12.8 Å². The van der Waals surface area contributed by atoms with Crippen LogP contribution in [0, 0.1) is 11.8 Å². The summed E-state index contributed by atoms with van der Waals surface area (Å²) in [5.74, 6) is -0.614. The number of hydrogen-bond acceptors (Lipinski definition) is 5. The highest BCUT2D eigenvalue weighted by Crippen LogP contribution is 2.29. The first-order valence-corrected chi connectivity index (χ1v) is 5.27. The number of ketones is 1. The van der Waals surface area contributed by atoms with E-state index in [1.54, 1.807) is 0 Å². The smallest absolute Gasteiger partial charge is 0.302 e. The van der Waals surface area contributed by atoms with Crippen molar-refractivity contribution in [3.05, 3.63) is 0 Å². The summed E-state index contributed by atoms with van der Waals surface area (Å²) in [5, 5.41) is 0. The highest BCUT2D eigenvalue weighted by Gasteiger charge is 2.34. The lowest BCUT2D eigenvalue weighted by molar-refractivity contribution is -0.146. The summed E-state index contributed by atoms with van der Waals surface area (Å²) in [6.45, 7) is 3.12. The van der Waals surface area contributed by atoms with Crippen LogP contribution in [0.1, 0.15) is 26.7 Å². The second-order valence-electron chi connectivity index (χ2n) is 4.07. The van der Waals surface area contributed by atoms with Gasteiger partial charge in [-0.1, -0.05) is 0 Å². The van der Waals surface area contributed by atoms with Crippen LogP contribution in [0.3, 0.4) is 0 Å². The van der Waals surface area contributed by atoms with E-state index in [4.69, 9.17) is 9.47 Å². The van der Waals surface area contributed by atoms with E-state index < -0.39 is 0 Å². The number of ether oxygens (including phenoxy) is 2. The molecule has 1 rings (SSSR count). The standard InChI is InChI=1S/C11H16O5/c1-7(12)15-5-9-3-11(14)4-10(9)6-16-8(2)13/h9-10H,3-6H2,1-2H3/t9-,10-/m0/s1. The van der Waals surface area contributed by atoms with Gasteiger partial charge in [-0.15, -0.1) is 0 Å². The summed E-state index contributed by atoms with van der Waals surface area (Å²) in [5.41, 5.74) is 0. The monoisotopic (exact) mass is 228 g/mol. The van der Waals surface area contributed by atoms with E-state index in [0.717, 1.165) is 0 Å². The topological polar surface area (TPSA) is 69.7 Å². The molecule has 1 aliphatic rings. The summed E-state index contributed by atoms with van der Waals surface area (Å²) in [6, 6.07) is 0. The lowest BCUT2D eigenvalue weighted by atomic mass is 9.98. The van der Waals surface area contributed by atoms with Crippen molar-refractivity contribution in [3.63, 3.8) is 0 Å². The number of Topliss-reactive ketones (excluding diaryl/α,β-unsaturated/α-hetero) is 1. The molecule has 0 N–H and O–H groups in total. The molecule has 0 aromatic heterocycles. The maximum Gasteiger partial charge on any atom is 0.302 e. The molecule has 2 atom stereocenters. The van der Waals surface area contributed by atoms with E-state index in [2.05, 4.69) is 0 Å². The van der Waals surface area contributed by atoms with Crippen LogP contribution in [0.2, 0.25) is 0 Å². The fourth-order valence-corrected chi connectivity index (χ4v) is 1.84. The molecular formula is C11H16O5. The highest BCUT2D eigenvalue weighted by atomic mass is 16.5. The minimum atomic E-state index is -0.356. The molecule has 5 heteroatoms. The molecule has 0 unspecified atom stereocenters. The van der Waals surface area contributed by atoms with Crippen LogP contribution >= 0.6 is 0 Å². The highest BCUT2D eigenvalue weighted by molar-refractivity contribution is 5.81. The molecule has 1 fully saturated rings. The molecule has 0 amide bonds. The molecule has 0 aromatic carbocycles. The zero-order valence-corrected chi connectivity index (χ0v) is 9.52. The number of esters is 2. The number of rotatable bonds is 4. The van der Waals surface area contributed by atoms with Crippen LogP contribution in [-0.4, -0.2) is 30.9 Å². The third-order valence-corrected chi connectivity index (χ3v) is 2.65. The van der Waals surface area contributed by atoms with Crippen molar-refractivity contribution in [3.8, 4) is 0 Å². The van der Waals surface area contributed by atoms with Crippen molar-refractivity contribution in [1.82, 2.24) is 0 Å². The first-order valence-electron chi connectivity index (χ1n) is 5.27. The molecule has 0 saturated heterocycles. The predicted molar refractivity (Wildman–Crippen MR) is 54.5 cm³/mol. The van der Waals surface area contributed by atoms with Gasteiger partial charge in [0.25, 0.3) is 0 Å². The fourth-order valence-electron chi connectivity index (χ4n) is 1.84. The maximum absolute atomic E-state index is 11.3. The molecule has 0 bridgehead atoms. The molecule has 0 aromatic rings. The van der Waals surface area contributed by atoms with Crippen LogP contribution in [-0.2, 0) is 23.9 Å². The van der Waals surface area contributed by atoms with Gasteiger partial charge in [-0.3, -0.25) is 14.4 Å². The Labute approximate surface area is 94.1 Å². The SMILES string of the molecule is CC(=O)OC[C@@H]1CC(=O)C[C@H]1COC(C)=O. The average Bonchev–Trinajstić information content (AvgIpc) is 2.52. The Morgan fingerprint density at radius 2 is 1.44 bits per heavy atom. The summed E-state index contributed by atoms with van der Waals surface area (Å²) in [6.07, 6.45) is 0.804. The molecule has 5 nitrogen and oxygen atoms in total. The third-order valence-electron chi connectivity index (χ3n) is 2.65. The average molecular weight is 228 g/mol. The largest absolute Gasteiger partial charge is 0.466 e. The van der Waals surface area contributed by atoms with Gasteiger partial charge in [-0.05, 0) is 0 Å². The lowest BCUT2D eigenvalue weighted by Gasteiger charge is -2.17. The Hall–Kier alpha value is -1.39. The van der Waals surface area contributed by atoms with Gasteiger partial charge in [-0.2, -0.15) is 0 Å². The third kappa shape index (κ3) is 4.00. The zero-order valence-electron chi connectivity index (χ0n) is 9.52. The van der Waals surface area contributed by atoms with Crippen LogP contribution in [0.5, 0.6) is 0 Å². The maximum atomic E-state index is 11.3. The van der Waals surface area contributed by atoms with Crippen molar-refractivity contribution < 1.29 is 23.9 Å². The Balaban J connectivity index is 2.42. The van der Waals surface area contributed by atoms with Crippen molar-refractivity contribution in [2.75, 3.05) is 13.2 Å². The van der Waals surface area contributed by atoms with Crippen molar-refractivity contribution >= 4 is 17.7 Å². The first kappa shape index (κ1) is 12.7. The molecule has 16 heavy (non-hydrogen) atoms. The van der Waals surface area contributed by atoms with E-state index in [9.17, 15) is 14.4 Å². The van der Waals surface area contributed by atoms with Gasteiger partial charge in [-0.25, -0.2) is 0 Å². The summed E-state index contributed by atoms with van der Waals surface area (Å²) < 4.78 is 9.76. The van der Waals surface area contributed by atoms with E-state index in [1.807, 2.05) is 0 Å². The zero-order chi connectivity index (χ0) is 12.1. The second kappa shape index (κ2) is 5.63. The molecule has 0 radical (unpaired) electrons. The molecule has 1 saturated carbocycles. The van der Waals surface area contributed by atoms with E-state index >= 15 is 0 Å². The minimum Gasteiger partial charge on any atom is -0.466 e. The van der Waals surface area contributed by atoms with Gasteiger partial charge in [0.15, 0.2) is 0 Å². The molecule has 0 aliphatic heterocycles. The number of hydrogen-bond donors (Lipinski definition) is 0. The molecule has 0 heterocycles. The normalized spacial score (nSPS) is 24.2. The molecule has 0 spiro atoms. The Morgan fingerprint density at radius 3 is 1.75 bits per heavy atom. The van der Waals surface area contributed by atoms with Gasteiger partial charge in [0, 0.05) is 38.5 Å². The molecule has 90 valence electrons. The van der Waals surface area contributed by atoms with Gasteiger partial charge >= 0.3 is 11.9 Å². The fraction of sp³-hybridized carbons (Fsp3) is 0.727. The van der Waals surface area contributed by atoms with Crippen molar-refractivity contribution in [1.29, 1.82) is 0 Å². The Bertz CT molecular complexity index is 269. The predicted octanol–water partition coefficient (Wildman–Crippen LogP) is 0.708. The molecular weight excluding hydrogens is 212 g/mol. The van der Waals surface area contributed by atoms with Crippen molar-refractivity contribution in [2.24, 2.45) is 11.8 Å². The Kier molecular flexibility index (Phi) is 4.46. The number of carbonyl (C=O) groups excluding carboxylic acids is 3. The Morgan fingerprint density at radius 1 is 1.06 bits per heavy atom. The van der Waals surface area contributed by atoms with Crippen molar-refractivity contribution in [2.45, 2.75) is 26.7 Å². The second-order valence-corrected chi connectivity index (χ2v) is 4.07. The van der Waals surface area contributed by atoms with Crippen LogP contribution < -0.4 is 0 Å². The minimum absolute atomic E-state index is 0.0178. The van der Waals surface area contributed by atoms with Gasteiger partial charge in [0.1, 0.15) is 5.78 Å². The molecule has 1 aliphatic carbocycles. The summed E-state index contributed by atoms with van der Waals surface area (Å²) >= 11 is 0. The van der Waals surface area contributed by atoms with Gasteiger partial charge < -0.3 is 9.47 Å². The number of carbonyl (C=O) groups is 3. The summed E-state index contributed by atoms with van der Waals surface area (Å²) in [4.78, 5) is 32.6. The van der Waals surface area contributed by atoms with E-state index in [1.165, 1.54) is 13.8 Å².